The van der Waals surface area contributed by atoms with Gasteiger partial charge in [0.1, 0.15) is 5.69 Å². The Hall–Kier alpha value is -3.67. The number of nitrogens with one attached hydrogen (secondary N) is 1. The molecular weight excluding hydrogens is 364 g/mol. The summed E-state index contributed by atoms with van der Waals surface area (Å²) in [5, 5.41) is 5.58. The van der Waals surface area contributed by atoms with Crippen LogP contribution < -0.4 is 5.56 Å². The predicted octanol–water partition coefficient (Wildman–Crippen LogP) is 2.97. The molecule has 0 radical (unpaired) electrons. The van der Waals surface area contributed by atoms with Crippen LogP contribution in [0.15, 0.2) is 71.5 Å². The van der Waals surface area contributed by atoms with Gasteiger partial charge in [-0.05, 0) is 17.7 Å². The van der Waals surface area contributed by atoms with E-state index in [-0.39, 0.29) is 11.5 Å². The number of aromatic nitrogens is 3. The second-order valence-corrected chi connectivity index (χ2v) is 7.34. The number of amides is 1. The van der Waals surface area contributed by atoms with Crippen LogP contribution in [0.4, 0.5) is 0 Å². The first-order chi connectivity index (χ1) is 14.2. The SMILES string of the molecule is O=C(c1cc2ccccc2[nH]1)N1CCc2nn(Cc3ccccc3)c(=O)cc2C1. The van der Waals surface area contributed by atoms with Crippen molar-refractivity contribution in [2.24, 2.45) is 0 Å². The zero-order chi connectivity index (χ0) is 19.8. The Labute approximate surface area is 167 Å². The number of benzene rings is 2. The molecule has 1 amide bonds. The van der Waals surface area contributed by atoms with Crippen molar-refractivity contribution in [3.8, 4) is 0 Å². The van der Waals surface area contributed by atoms with E-state index in [0.29, 0.717) is 31.7 Å². The molecule has 0 spiro atoms. The molecule has 2 aromatic carbocycles. The maximum atomic E-state index is 13.0. The predicted molar refractivity (Wildman–Crippen MR) is 111 cm³/mol. The highest BCUT2D eigenvalue weighted by atomic mass is 16.2. The Kier molecular flexibility index (Phi) is 4.24. The summed E-state index contributed by atoms with van der Waals surface area (Å²) in [6, 6.07) is 21.1. The van der Waals surface area contributed by atoms with Gasteiger partial charge in [-0.1, -0.05) is 48.5 Å². The molecule has 0 saturated heterocycles. The van der Waals surface area contributed by atoms with E-state index in [9.17, 15) is 9.59 Å². The Balaban J connectivity index is 1.38. The van der Waals surface area contributed by atoms with E-state index < -0.39 is 0 Å². The van der Waals surface area contributed by atoms with Crippen LogP contribution in [-0.2, 0) is 19.5 Å². The van der Waals surface area contributed by atoms with Crippen LogP contribution in [0.2, 0.25) is 0 Å². The molecule has 1 N–H and O–H groups in total. The molecule has 2 aromatic heterocycles. The summed E-state index contributed by atoms with van der Waals surface area (Å²) in [5.41, 5.74) is 4.12. The molecular formula is C23H20N4O2. The van der Waals surface area contributed by atoms with E-state index in [4.69, 9.17) is 0 Å². The molecule has 4 aromatic rings. The van der Waals surface area contributed by atoms with Crippen LogP contribution in [0.25, 0.3) is 10.9 Å². The number of carbonyl (C=O) groups is 1. The van der Waals surface area contributed by atoms with Gasteiger partial charge in [0.2, 0.25) is 0 Å². The number of hydrogen-bond donors (Lipinski definition) is 1. The summed E-state index contributed by atoms with van der Waals surface area (Å²) in [6.07, 6.45) is 0.635. The third-order valence-corrected chi connectivity index (χ3v) is 5.37. The van der Waals surface area contributed by atoms with Gasteiger partial charge < -0.3 is 9.88 Å². The van der Waals surface area contributed by atoms with E-state index >= 15 is 0 Å². The van der Waals surface area contributed by atoms with Crippen LogP contribution in [0.3, 0.4) is 0 Å². The lowest BCUT2D eigenvalue weighted by Gasteiger charge is -2.28. The summed E-state index contributed by atoms with van der Waals surface area (Å²) in [7, 11) is 0. The minimum atomic E-state index is -0.146. The standard InChI is InChI=1S/C23H20N4O2/c28-22-13-18-15-26(23(29)21-12-17-8-4-5-9-19(17)24-21)11-10-20(18)25-27(22)14-16-6-2-1-3-7-16/h1-9,12-13,24H,10-11,14-15H2. The molecule has 0 saturated carbocycles. The summed E-state index contributed by atoms with van der Waals surface area (Å²) in [4.78, 5) is 30.5. The smallest absolute Gasteiger partial charge is 0.270 e. The average Bonchev–Trinajstić information content (AvgIpc) is 3.18. The summed E-state index contributed by atoms with van der Waals surface area (Å²) >= 11 is 0. The molecule has 1 aliphatic heterocycles. The summed E-state index contributed by atoms with van der Waals surface area (Å²) in [6.45, 7) is 1.43. The highest BCUT2D eigenvalue weighted by molar-refractivity contribution is 5.98. The van der Waals surface area contributed by atoms with Crippen molar-refractivity contribution in [1.82, 2.24) is 19.7 Å². The van der Waals surface area contributed by atoms with Crippen LogP contribution in [0.5, 0.6) is 0 Å². The average molecular weight is 384 g/mol. The number of para-hydroxylation sites is 1. The fourth-order valence-corrected chi connectivity index (χ4v) is 3.84. The van der Waals surface area contributed by atoms with Crippen molar-refractivity contribution in [1.29, 1.82) is 0 Å². The van der Waals surface area contributed by atoms with E-state index in [1.165, 1.54) is 4.68 Å². The number of carbonyl (C=O) groups excluding carboxylic acids is 1. The molecule has 29 heavy (non-hydrogen) atoms. The Morgan fingerprint density at radius 3 is 2.66 bits per heavy atom. The van der Waals surface area contributed by atoms with E-state index in [1.807, 2.05) is 60.7 Å². The van der Waals surface area contributed by atoms with Gasteiger partial charge in [0.15, 0.2) is 0 Å². The number of nitrogens with zero attached hydrogens (tertiary/aromatic N) is 3. The first-order valence-electron chi connectivity index (χ1n) is 9.68. The van der Waals surface area contributed by atoms with Crippen molar-refractivity contribution in [2.75, 3.05) is 6.54 Å². The molecule has 0 unspecified atom stereocenters. The fraction of sp³-hybridized carbons (Fsp3) is 0.174. The molecule has 3 heterocycles. The highest BCUT2D eigenvalue weighted by Crippen LogP contribution is 2.20. The molecule has 0 bridgehead atoms. The van der Waals surface area contributed by atoms with Gasteiger partial charge in [-0.25, -0.2) is 4.68 Å². The zero-order valence-corrected chi connectivity index (χ0v) is 15.8. The third-order valence-electron chi connectivity index (χ3n) is 5.37. The van der Waals surface area contributed by atoms with Gasteiger partial charge in [0.05, 0.1) is 12.2 Å². The number of rotatable bonds is 3. The lowest BCUT2D eigenvalue weighted by Crippen LogP contribution is -2.38. The van der Waals surface area contributed by atoms with E-state index in [2.05, 4.69) is 10.1 Å². The van der Waals surface area contributed by atoms with Crippen molar-refractivity contribution >= 4 is 16.8 Å². The van der Waals surface area contributed by atoms with Crippen molar-refractivity contribution < 1.29 is 4.79 Å². The van der Waals surface area contributed by atoms with Gasteiger partial charge in [-0.15, -0.1) is 0 Å². The van der Waals surface area contributed by atoms with Gasteiger partial charge in [0.25, 0.3) is 11.5 Å². The molecule has 0 atom stereocenters. The zero-order valence-electron chi connectivity index (χ0n) is 15.8. The minimum absolute atomic E-state index is 0.0553. The van der Waals surface area contributed by atoms with Crippen LogP contribution in [0.1, 0.15) is 27.3 Å². The van der Waals surface area contributed by atoms with Crippen molar-refractivity contribution in [3.63, 3.8) is 0 Å². The largest absolute Gasteiger partial charge is 0.351 e. The monoisotopic (exact) mass is 384 g/mol. The fourth-order valence-electron chi connectivity index (χ4n) is 3.84. The summed E-state index contributed by atoms with van der Waals surface area (Å²) in [5.74, 6) is -0.0553. The second kappa shape index (κ2) is 7.05. The lowest BCUT2D eigenvalue weighted by atomic mass is 10.1. The Bertz CT molecular complexity index is 1220. The highest BCUT2D eigenvalue weighted by Gasteiger charge is 2.24. The number of fused-ring (bicyclic) bond motifs is 2. The minimum Gasteiger partial charge on any atom is -0.351 e. The quantitative estimate of drug-likeness (QED) is 0.590. The second-order valence-electron chi connectivity index (χ2n) is 7.34. The maximum Gasteiger partial charge on any atom is 0.270 e. The van der Waals surface area contributed by atoms with Gasteiger partial charge in [0, 0.05) is 42.0 Å². The van der Waals surface area contributed by atoms with Gasteiger partial charge in [-0.3, -0.25) is 9.59 Å². The normalized spacial score (nSPS) is 13.4. The summed E-state index contributed by atoms with van der Waals surface area (Å²) < 4.78 is 1.50. The van der Waals surface area contributed by atoms with Crippen LogP contribution in [-0.4, -0.2) is 32.1 Å². The van der Waals surface area contributed by atoms with Gasteiger partial charge >= 0.3 is 0 Å². The topological polar surface area (TPSA) is 71.0 Å². The molecule has 6 nitrogen and oxygen atoms in total. The molecule has 1 aliphatic rings. The number of hydrogen-bond acceptors (Lipinski definition) is 3. The Morgan fingerprint density at radius 1 is 1.03 bits per heavy atom. The van der Waals surface area contributed by atoms with Crippen molar-refractivity contribution in [3.05, 3.63) is 99.6 Å². The van der Waals surface area contributed by atoms with Gasteiger partial charge in [-0.2, -0.15) is 5.10 Å². The first kappa shape index (κ1) is 17.4. The molecule has 0 fully saturated rings. The first-order valence-corrected chi connectivity index (χ1v) is 9.68. The number of aromatic amines is 1. The molecule has 6 heteroatoms. The third kappa shape index (κ3) is 3.33. The van der Waals surface area contributed by atoms with E-state index in [1.54, 1.807) is 11.0 Å². The van der Waals surface area contributed by atoms with Crippen molar-refractivity contribution in [2.45, 2.75) is 19.5 Å². The van der Waals surface area contributed by atoms with Crippen LogP contribution >= 0.6 is 0 Å². The lowest BCUT2D eigenvalue weighted by molar-refractivity contribution is 0.0727. The van der Waals surface area contributed by atoms with E-state index in [0.717, 1.165) is 27.7 Å². The molecule has 5 rings (SSSR count). The maximum absolute atomic E-state index is 13.0. The Morgan fingerprint density at radius 2 is 1.83 bits per heavy atom. The van der Waals surface area contributed by atoms with Crippen LogP contribution in [0, 0.1) is 0 Å². The molecule has 144 valence electrons. The molecule has 0 aliphatic carbocycles. The number of H-pyrrole nitrogens is 1.